The predicted octanol–water partition coefficient (Wildman–Crippen LogP) is 3.18. The monoisotopic (exact) mass is 240 g/mol. The number of aldehydes is 1. The molecule has 0 spiro atoms. The number of hydrogen-bond acceptors (Lipinski definition) is 3. The van der Waals surface area contributed by atoms with Gasteiger partial charge in [0, 0.05) is 10.5 Å². The summed E-state index contributed by atoms with van der Waals surface area (Å²) in [6.07, 6.45) is 2.75. The van der Waals surface area contributed by atoms with E-state index in [4.69, 9.17) is 4.43 Å². The Morgan fingerprint density at radius 3 is 2.73 bits per heavy atom. The molecule has 1 aromatic rings. The van der Waals surface area contributed by atoms with Crippen molar-refractivity contribution < 1.29 is 9.22 Å². The second kappa shape index (κ2) is 5.39. The average Bonchev–Trinajstić information content (AvgIpc) is 2.63. The van der Waals surface area contributed by atoms with Gasteiger partial charge in [-0.2, -0.15) is 0 Å². The van der Waals surface area contributed by atoms with Crippen molar-refractivity contribution in [2.24, 2.45) is 0 Å². The molecule has 2 nitrogen and oxygen atoms in total. The van der Waals surface area contributed by atoms with Gasteiger partial charge < -0.3 is 4.43 Å². The van der Waals surface area contributed by atoms with E-state index in [1.54, 1.807) is 11.3 Å². The van der Waals surface area contributed by atoms with Crippen molar-refractivity contribution >= 4 is 31.5 Å². The Hall–Kier alpha value is -0.713. The molecule has 0 aliphatic rings. The predicted molar refractivity (Wildman–Crippen MR) is 67.7 cm³/mol. The van der Waals surface area contributed by atoms with Gasteiger partial charge in [-0.25, -0.2) is 0 Å². The smallest absolute Gasteiger partial charge is 0.184 e. The lowest BCUT2D eigenvalue weighted by molar-refractivity contribution is -0.103. The molecule has 1 aromatic heterocycles. The summed E-state index contributed by atoms with van der Waals surface area (Å²) < 4.78 is 5.67. The third-order valence-electron chi connectivity index (χ3n) is 1.75. The minimum absolute atomic E-state index is 0.529. The molecule has 0 aliphatic carbocycles. The van der Waals surface area contributed by atoms with Crippen molar-refractivity contribution in [3.63, 3.8) is 0 Å². The lowest BCUT2D eigenvalue weighted by atomic mass is 10.2. The standard InChI is InChI=1S/C11H16O2SSi/c1-15(2,3)13-7-6-10(9-12)11-5-4-8-14-11/h4-6,8-9H,7H2,1-3H3/b10-6-. The number of allylic oxidation sites excluding steroid dienone is 1. The van der Waals surface area contributed by atoms with Gasteiger partial charge in [-0.05, 0) is 37.2 Å². The van der Waals surface area contributed by atoms with Crippen LogP contribution in [0.4, 0.5) is 0 Å². The summed E-state index contributed by atoms with van der Waals surface area (Å²) in [6, 6.07) is 3.89. The summed E-state index contributed by atoms with van der Waals surface area (Å²) in [5.74, 6) is 0. The molecule has 0 saturated heterocycles. The van der Waals surface area contributed by atoms with Crippen LogP contribution in [-0.2, 0) is 9.22 Å². The second-order valence-corrected chi connectivity index (χ2v) is 9.64. The zero-order chi connectivity index (χ0) is 11.3. The fraction of sp³-hybridized carbons (Fsp3) is 0.364. The first kappa shape index (κ1) is 12.4. The Kier molecular flexibility index (Phi) is 4.44. The molecule has 0 amide bonds. The highest BCUT2D eigenvalue weighted by Crippen LogP contribution is 2.18. The van der Waals surface area contributed by atoms with Crippen LogP contribution in [0.15, 0.2) is 23.6 Å². The molecule has 0 aliphatic heterocycles. The third kappa shape index (κ3) is 4.55. The van der Waals surface area contributed by atoms with Crippen molar-refractivity contribution in [1.29, 1.82) is 0 Å². The fourth-order valence-electron chi connectivity index (χ4n) is 1.03. The fourth-order valence-corrected chi connectivity index (χ4v) is 2.34. The molecule has 1 heterocycles. The third-order valence-corrected chi connectivity index (χ3v) is 3.70. The van der Waals surface area contributed by atoms with Crippen LogP contribution < -0.4 is 0 Å². The summed E-state index contributed by atoms with van der Waals surface area (Å²) in [5, 5.41) is 1.96. The summed E-state index contributed by atoms with van der Waals surface area (Å²) in [6.45, 7) is 6.92. The highest BCUT2D eigenvalue weighted by molar-refractivity contribution is 7.11. The number of hydrogen-bond donors (Lipinski definition) is 0. The molecule has 0 N–H and O–H groups in total. The molecular formula is C11H16O2SSi. The highest BCUT2D eigenvalue weighted by Gasteiger charge is 2.12. The molecule has 0 saturated carbocycles. The topological polar surface area (TPSA) is 26.3 Å². The van der Waals surface area contributed by atoms with Crippen molar-refractivity contribution in [3.8, 4) is 0 Å². The zero-order valence-corrected chi connectivity index (χ0v) is 11.1. The number of carbonyl (C=O) groups excluding carboxylic acids is 1. The van der Waals surface area contributed by atoms with Gasteiger partial charge in [0.1, 0.15) is 0 Å². The second-order valence-electron chi connectivity index (χ2n) is 4.18. The zero-order valence-electron chi connectivity index (χ0n) is 9.32. The molecule has 0 fully saturated rings. The molecular weight excluding hydrogens is 224 g/mol. The first-order valence-corrected chi connectivity index (χ1v) is 9.15. The maximum Gasteiger partial charge on any atom is 0.184 e. The number of rotatable bonds is 5. The van der Waals surface area contributed by atoms with E-state index in [0.717, 1.165) is 16.7 Å². The first-order chi connectivity index (χ1) is 7.03. The van der Waals surface area contributed by atoms with E-state index < -0.39 is 8.32 Å². The van der Waals surface area contributed by atoms with E-state index in [9.17, 15) is 4.79 Å². The molecule has 4 heteroatoms. The van der Waals surface area contributed by atoms with Crippen LogP contribution in [0.5, 0.6) is 0 Å². The summed E-state index contributed by atoms with van der Waals surface area (Å²) in [4.78, 5) is 11.9. The minimum atomic E-state index is -1.48. The van der Waals surface area contributed by atoms with Crippen molar-refractivity contribution in [1.82, 2.24) is 0 Å². The molecule has 1 rings (SSSR count). The normalized spacial score (nSPS) is 12.9. The summed E-state index contributed by atoms with van der Waals surface area (Å²) >= 11 is 1.57. The van der Waals surface area contributed by atoms with E-state index in [2.05, 4.69) is 19.6 Å². The minimum Gasteiger partial charge on any atom is -0.414 e. The van der Waals surface area contributed by atoms with Gasteiger partial charge in [0.2, 0.25) is 0 Å². The lowest BCUT2D eigenvalue weighted by Gasteiger charge is -2.15. The van der Waals surface area contributed by atoms with E-state index in [0.29, 0.717) is 6.61 Å². The Morgan fingerprint density at radius 2 is 2.27 bits per heavy atom. The van der Waals surface area contributed by atoms with Crippen LogP contribution in [0.25, 0.3) is 5.57 Å². The van der Waals surface area contributed by atoms with Crippen molar-refractivity contribution in [2.45, 2.75) is 19.6 Å². The van der Waals surface area contributed by atoms with Crippen LogP contribution >= 0.6 is 11.3 Å². The maximum absolute atomic E-state index is 10.9. The Labute approximate surface area is 95.7 Å². The number of thiophene rings is 1. The van der Waals surface area contributed by atoms with Gasteiger partial charge in [0.15, 0.2) is 14.6 Å². The van der Waals surface area contributed by atoms with E-state index in [1.165, 1.54) is 0 Å². The van der Waals surface area contributed by atoms with Crippen molar-refractivity contribution in [2.75, 3.05) is 6.61 Å². The quantitative estimate of drug-likeness (QED) is 0.449. The first-order valence-electron chi connectivity index (χ1n) is 4.86. The van der Waals surface area contributed by atoms with Crippen LogP contribution in [0.2, 0.25) is 19.6 Å². The molecule has 0 bridgehead atoms. The summed E-state index contributed by atoms with van der Waals surface area (Å²) in [7, 11) is -1.48. The molecule has 0 atom stereocenters. The average molecular weight is 240 g/mol. The van der Waals surface area contributed by atoms with Crippen molar-refractivity contribution in [3.05, 3.63) is 28.5 Å². The molecule has 0 aromatic carbocycles. The SMILES string of the molecule is C[Si](C)(C)OC/C=C(/C=O)c1cccs1. The van der Waals surface area contributed by atoms with Gasteiger partial charge in [-0.15, -0.1) is 11.3 Å². The van der Waals surface area contributed by atoms with Crippen LogP contribution in [0.1, 0.15) is 4.88 Å². The van der Waals surface area contributed by atoms with Crippen LogP contribution in [0, 0.1) is 0 Å². The highest BCUT2D eigenvalue weighted by atomic mass is 32.1. The molecule has 82 valence electrons. The van der Waals surface area contributed by atoms with Gasteiger partial charge in [-0.1, -0.05) is 6.07 Å². The van der Waals surface area contributed by atoms with Gasteiger partial charge in [-0.3, -0.25) is 4.79 Å². The van der Waals surface area contributed by atoms with Gasteiger partial charge >= 0.3 is 0 Å². The maximum atomic E-state index is 10.9. The lowest BCUT2D eigenvalue weighted by Crippen LogP contribution is -2.25. The van der Waals surface area contributed by atoms with Crippen LogP contribution in [-0.4, -0.2) is 21.2 Å². The Balaban J connectivity index is 2.60. The number of carbonyl (C=O) groups is 1. The van der Waals surface area contributed by atoms with E-state index in [1.807, 2.05) is 23.6 Å². The van der Waals surface area contributed by atoms with Gasteiger partial charge in [0.25, 0.3) is 0 Å². The van der Waals surface area contributed by atoms with Gasteiger partial charge in [0.05, 0.1) is 6.61 Å². The Bertz CT molecular complexity index is 336. The van der Waals surface area contributed by atoms with E-state index in [-0.39, 0.29) is 0 Å². The van der Waals surface area contributed by atoms with E-state index >= 15 is 0 Å². The van der Waals surface area contributed by atoms with Crippen LogP contribution in [0.3, 0.4) is 0 Å². The molecule has 0 radical (unpaired) electrons. The largest absolute Gasteiger partial charge is 0.414 e. The summed E-state index contributed by atoms with van der Waals surface area (Å²) in [5.41, 5.74) is 0.725. The molecule has 15 heavy (non-hydrogen) atoms. The molecule has 0 unspecified atom stereocenters. The Morgan fingerprint density at radius 1 is 1.53 bits per heavy atom.